The largest absolute Gasteiger partial charge is 0.490 e. The van der Waals surface area contributed by atoms with E-state index in [1.807, 2.05) is 0 Å². The smallest absolute Gasteiger partial charge is 0.179 e. The van der Waals surface area contributed by atoms with Crippen LogP contribution >= 0.6 is 0 Å². The average Bonchev–Trinajstić information content (AvgIpc) is 2.28. The van der Waals surface area contributed by atoms with Gasteiger partial charge in [-0.1, -0.05) is 0 Å². The van der Waals surface area contributed by atoms with Gasteiger partial charge in [-0.15, -0.1) is 0 Å². The van der Waals surface area contributed by atoms with Crippen LogP contribution in [0, 0.1) is 23.1 Å². The third-order valence-electron chi connectivity index (χ3n) is 2.72. The van der Waals surface area contributed by atoms with Crippen molar-refractivity contribution in [1.29, 1.82) is 5.26 Å². The maximum Gasteiger partial charge on any atom is 0.179 e. The molecule has 5 heteroatoms. The Balaban J connectivity index is 1.96. The second-order valence-electron chi connectivity index (χ2n) is 4.01. The highest BCUT2D eigenvalue weighted by Gasteiger charge is 2.19. The van der Waals surface area contributed by atoms with Crippen molar-refractivity contribution < 1.29 is 13.5 Å². The summed E-state index contributed by atoms with van der Waals surface area (Å²) in [5.41, 5.74) is 0. The normalized spacial score (nSPS) is 16.6. The summed E-state index contributed by atoms with van der Waals surface area (Å²) in [6, 6.07) is 3.14. The molecule has 0 saturated carbocycles. The number of hydrogen-bond donors (Lipinski definition) is 0. The summed E-state index contributed by atoms with van der Waals surface area (Å²) in [5.74, 6) is -1.08. The van der Waals surface area contributed by atoms with E-state index in [9.17, 15) is 8.78 Å². The van der Waals surface area contributed by atoms with Crippen LogP contribution in [0.1, 0.15) is 12.8 Å². The molecule has 2 rings (SSSR count). The molecular weight excluding hydrogens is 226 g/mol. The van der Waals surface area contributed by atoms with E-state index in [1.165, 1.54) is 12.1 Å². The van der Waals surface area contributed by atoms with Crippen LogP contribution in [0.15, 0.2) is 18.2 Å². The van der Waals surface area contributed by atoms with Crippen molar-refractivity contribution in [3.63, 3.8) is 0 Å². The zero-order chi connectivity index (χ0) is 12.3. The van der Waals surface area contributed by atoms with Crippen molar-refractivity contribution in [2.45, 2.75) is 18.9 Å². The van der Waals surface area contributed by atoms with Gasteiger partial charge in [-0.05, 0) is 0 Å². The number of nitriles is 1. The molecule has 0 radical (unpaired) electrons. The van der Waals surface area contributed by atoms with Gasteiger partial charge in [-0.3, -0.25) is 0 Å². The number of rotatable bonds is 2. The van der Waals surface area contributed by atoms with Crippen LogP contribution in [-0.2, 0) is 0 Å². The van der Waals surface area contributed by atoms with Crippen LogP contribution in [0.2, 0.25) is 0 Å². The summed E-state index contributed by atoms with van der Waals surface area (Å²) in [4.78, 5) is 1.64. The summed E-state index contributed by atoms with van der Waals surface area (Å²) in [6.07, 6.45) is 3.35. The van der Waals surface area contributed by atoms with E-state index >= 15 is 0 Å². The summed E-state index contributed by atoms with van der Waals surface area (Å²) in [5, 5.41) is 8.68. The zero-order valence-corrected chi connectivity index (χ0v) is 9.20. The number of nitrogens with zero attached hydrogens (tertiary/aromatic N) is 2. The fourth-order valence-corrected chi connectivity index (χ4v) is 1.86. The van der Waals surface area contributed by atoms with Crippen LogP contribution in [0.25, 0.3) is 0 Å². The molecule has 3 nitrogen and oxygen atoms in total. The first-order valence-electron chi connectivity index (χ1n) is 5.45. The Morgan fingerprint density at radius 2 is 1.76 bits per heavy atom. The van der Waals surface area contributed by atoms with Gasteiger partial charge in [0.1, 0.15) is 23.5 Å². The van der Waals surface area contributed by atoms with Crippen LogP contribution in [-0.4, -0.2) is 24.1 Å². The predicted octanol–water partition coefficient (Wildman–Crippen LogP) is 2.29. The van der Waals surface area contributed by atoms with Crippen molar-refractivity contribution >= 4 is 0 Å². The fraction of sp³-hybridized carbons (Fsp3) is 0.417. The van der Waals surface area contributed by atoms with Crippen molar-refractivity contribution in [2.24, 2.45) is 0 Å². The molecule has 17 heavy (non-hydrogen) atoms. The lowest BCUT2D eigenvalue weighted by Crippen LogP contribution is -2.35. The van der Waals surface area contributed by atoms with E-state index < -0.39 is 11.6 Å². The maximum absolute atomic E-state index is 12.9. The minimum atomic E-state index is -0.644. The van der Waals surface area contributed by atoms with Gasteiger partial charge < -0.3 is 9.64 Å². The Labute approximate surface area is 98.2 Å². The van der Waals surface area contributed by atoms with Crippen LogP contribution in [0.4, 0.5) is 8.78 Å². The Kier molecular flexibility index (Phi) is 3.43. The third-order valence-corrected chi connectivity index (χ3v) is 2.72. The Bertz CT molecular complexity index is 416. The number of ether oxygens (including phenoxy) is 1. The number of likely N-dealkylation sites (tertiary alicyclic amines) is 1. The maximum atomic E-state index is 12.9. The molecule has 0 spiro atoms. The Morgan fingerprint density at radius 3 is 2.29 bits per heavy atom. The molecule has 0 aromatic heterocycles. The van der Waals surface area contributed by atoms with Gasteiger partial charge in [0.25, 0.3) is 0 Å². The molecule has 1 heterocycles. The van der Waals surface area contributed by atoms with E-state index in [0.29, 0.717) is 25.9 Å². The van der Waals surface area contributed by atoms with Gasteiger partial charge in [0.2, 0.25) is 0 Å². The lowest BCUT2D eigenvalue weighted by atomic mass is 10.1. The van der Waals surface area contributed by atoms with Crippen molar-refractivity contribution in [1.82, 2.24) is 4.90 Å². The Hall–Kier alpha value is -1.83. The first-order chi connectivity index (χ1) is 8.17. The van der Waals surface area contributed by atoms with Gasteiger partial charge in [0.15, 0.2) is 6.19 Å². The summed E-state index contributed by atoms with van der Waals surface area (Å²) < 4.78 is 31.3. The van der Waals surface area contributed by atoms with E-state index in [0.717, 1.165) is 6.07 Å². The van der Waals surface area contributed by atoms with Gasteiger partial charge >= 0.3 is 0 Å². The lowest BCUT2D eigenvalue weighted by molar-refractivity contribution is 0.125. The van der Waals surface area contributed by atoms with Crippen molar-refractivity contribution in [3.05, 3.63) is 29.8 Å². The van der Waals surface area contributed by atoms with Crippen molar-refractivity contribution in [2.75, 3.05) is 13.1 Å². The highest BCUT2D eigenvalue weighted by molar-refractivity contribution is 5.24. The van der Waals surface area contributed by atoms with Gasteiger partial charge in [-0.2, -0.15) is 5.26 Å². The summed E-state index contributed by atoms with van der Waals surface area (Å²) >= 11 is 0. The molecule has 0 atom stereocenters. The number of hydrogen-bond acceptors (Lipinski definition) is 3. The first-order valence-corrected chi connectivity index (χ1v) is 5.45. The molecule has 0 N–H and O–H groups in total. The van der Waals surface area contributed by atoms with Gasteiger partial charge in [-0.25, -0.2) is 8.78 Å². The van der Waals surface area contributed by atoms with Crippen LogP contribution in [0.5, 0.6) is 5.75 Å². The number of piperidine rings is 1. The predicted molar refractivity (Wildman–Crippen MR) is 57.2 cm³/mol. The third kappa shape index (κ3) is 3.06. The molecule has 1 aliphatic heterocycles. The molecule has 0 bridgehead atoms. The minimum Gasteiger partial charge on any atom is -0.490 e. The van der Waals surface area contributed by atoms with E-state index in [1.54, 1.807) is 4.90 Å². The molecule has 1 saturated heterocycles. The molecule has 0 amide bonds. The van der Waals surface area contributed by atoms with E-state index in [4.69, 9.17) is 10.00 Å². The molecule has 1 fully saturated rings. The molecule has 1 aromatic rings. The lowest BCUT2D eigenvalue weighted by Gasteiger charge is -2.28. The topological polar surface area (TPSA) is 36.3 Å². The molecule has 1 aromatic carbocycles. The molecule has 0 aliphatic carbocycles. The fourth-order valence-electron chi connectivity index (χ4n) is 1.86. The van der Waals surface area contributed by atoms with Gasteiger partial charge in [0.05, 0.1) is 0 Å². The van der Waals surface area contributed by atoms with E-state index in [2.05, 4.69) is 6.19 Å². The standard InChI is InChI=1S/C12H12F2N2O/c13-9-5-10(14)7-12(6-9)17-11-1-3-16(8-15)4-2-11/h5-7,11H,1-4H2. The zero-order valence-electron chi connectivity index (χ0n) is 9.20. The first kappa shape index (κ1) is 11.6. The quantitative estimate of drug-likeness (QED) is 0.742. The minimum absolute atomic E-state index is 0.0826. The molecular formula is C12H12F2N2O. The Morgan fingerprint density at radius 1 is 1.18 bits per heavy atom. The number of halogens is 2. The van der Waals surface area contributed by atoms with Gasteiger partial charge in [0, 0.05) is 44.1 Å². The summed E-state index contributed by atoms with van der Waals surface area (Å²) in [7, 11) is 0. The van der Waals surface area contributed by atoms with Crippen LogP contribution in [0.3, 0.4) is 0 Å². The van der Waals surface area contributed by atoms with Crippen LogP contribution < -0.4 is 4.74 Å². The SMILES string of the molecule is N#CN1CCC(Oc2cc(F)cc(F)c2)CC1. The second-order valence-corrected chi connectivity index (χ2v) is 4.01. The van der Waals surface area contributed by atoms with Crippen molar-refractivity contribution in [3.8, 4) is 11.9 Å². The van der Waals surface area contributed by atoms with E-state index in [-0.39, 0.29) is 11.9 Å². The summed E-state index contributed by atoms with van der Waals surface area (Å²) in [6.45, 7) is 1.25. The monoisotopic (exact) mass is 238 g/mol. The highest BCUT2D eigenvalue weighted by Crippen LogP contribution is 2.20. The molecule has 0 unspecified atom stereocenters. The second kappa shape index (κ2) is 5.00. The average molecular weight is 238 g/mol. The molecule has 1 aliphatic rings. The molecule has 90 valence electrons. The number of benzene rings is 1. The highest BCUT2D eigenvalue weighted by atomic mass is 19.1.